The monoisotopic (exact) mass is 476 g/mol. The van der Waals surface area contributed by atoms with Crippen LogP contribution in [0.1, 0.15) is 70.6 Å². The predicted octanol–water partition coefficient (Wildman–Crippen LogP) is 5.20. The van der Waals surface area contributed by atoms with Crippen LogP contribution in [-0.2, 0) is 33.9 Å². The number of ether oxygens (including phenoxy) is 2. The highest BCUT2D eigenvalue weighted by Crippen LogP contribution is 2.26. The Morgan fingerprint density at radius 3 is 2.34 bits per heavy atom. The van der Waals surface area contributed by atoms with E-state index in [2.05, 4.69) is 23.8 Å². The van der Waals surface area contributed by atoms with Gasteiger partial charge in [0.1, 0.15) is 19.0 Å². The number of benzene rings is 1. The number of aryl methyl sites for hydroxylation is 2. The number of nitrogens with zero attached hydrogens (tertiary/aromatic N) is 2. The van der Waals surface area contributed by atoms with Crippen molar-refractivity contribution in [2.24, 2.45) is 5.92 Å². The lowest BCUT2D eigenvalue weighted by Gasteiger charge is -2.16. The van der Waals surface area contributed by atoms with E-state index in [9.17, 15) is 14.7 Å². The van der Waals surface area contributed by atoms with Gasteiger partial charge in [0.05, 0.1) is 17.2 Å². The van der Waals surface area contributed by atoms with E-state index in [0.29, 0.717) is 28.3 Å². The molecule has 184 valence electrons. The number of carbonyl (C=O) groups is 2. The summed E-state index contributed by atoms with van der Waals surface area (Å²) in [7, 11) is 0. The maximum atomic E-state index is 12.7. The second kappa shape index (κ2) is 11.6. The lowest BCUT2D eigenvalue weighted by atomic mass is 9.97. The van der Waals surface area contributed by atoms with E-state index >= 15 is 0 Å². The van der Waals surface area contributed by atoms with Gasteiger partial charge in [-0.15, -0.1) is 0 Å². The molecule has 0 spiro atoms. The summed E-state index contributed by atoms with van der Waals surface area (Å²) in [6.45, 7) is 9.31. The van der Waals surface area contributed by atoms with Crippen molar-refractivity contribution >= 4 is 11.9 Å². The minimum atomic E-state index is -0.562. The fraction of sp³-hybridized carbons (Fsp3) is 0.357. The first-order chi connectivity index (χ1) is 16.7. The molecular formula is C28H32N2O5. The van der Waals surface area contributed by atoms with Gasteiger partial charge in [0.25, 0.3) is 0 Å². The molecule has 0 saturated carbocycles. The van der Waals surface area contributed by atoms with E-state index in [0.717, 1.165) is 17.5 Å². The maximum Gasteiger partial charge on any atom is 0.340 e. The predicted molar refractivity (Wildman–Crippen MR) is 132 cm³/mol. The zero-order valence-electron chi connectivity index (χ0n) is 20.9. The second-order valence-corrected chi connectivity index (χ2v) is 9.19. The number of rotatable bonds is 9. The van der Waals surface area contributed by atoms with Crippen molar-refractivity contribution in [3.63, 3.8) is 0 Å². The number of esters is 2. The van der Waals surface area contributed by atoms with Gasteiger partial charge in [-0.25, -0.2) is 4.79 Å². The minimum Gasteiger partial charge on any atom is -0.506 e. The number of aromatic hydroxyl groups is 1. The van der Waals surface area contributed by atoms with Gasteiger partial charge in [0, 0.05) is 29.7 Å². The van der Waals surface area contributed by atoms with E-state index < -0.39 is 17.9 Å². The van der Waals surface area contributed by atoms with Crippen LogP contribution in [0, 0.1) is 19.8 Å². The molecule has 0 bridgehead atoms. The topological polar surface area (TPSA) is 98.6 Å². The molecule has 2 heterocycles. The average molecular weight is 477 g/mol. The third kappa shape index (κ3) is 6.88. The number of carbonyl (C=O) groups excluding carboxylic acids is 2. The van der Waals surface area contributed by atoms with E-state index in [1.54, 1.807) is 26.1 Å². The Morgan fingerprint density at radius 2 is 1.69 bits per heavy atom. The van der Waals surface area contributed by atoms with Crippen LogP contribution in [0.5, 0.6) is 5.75 Å². The third-order valence-corrected chi connectivity index (χ3v) is 5.74. The zero-order valence-corrected chi connectivity index (χ0v) is 20.9. The lowest BCUT2D eigenvalue weighted by molar-refractivity contribution is -0.146. The number of pyridine rings is 2. The first-order valence-electron chi connectivity index (χ1n) is 11.7. The van der Waals surface area contributed by atoms with E-state index in [1.807, 2.05) is 31.2 Å². The van der Waals surface area contributed by atoms with Crippen LogP contribution in [0.15, 0.2) is 48.9 Å². The third-order valence-electron chi connectivity index (χ3n) is 5.74. The molecule has 1 N–H and O–H groups in total. The molecule has 35 heavy (non-hydrogen) atoms. The van der Waals surface area contributed by atoms with Crippen molar-refractivity contribution in [1.29, 1.82) is 0 Å². The fourth-order valence-corrected chi connectivity index (χ4v) is 3.68. The summed E-state index contributed by atoms with van der Waals surface area (Å²) in [5.74, 6) is -0.944. The summed E-state index contributed by atoms with van der Waals surface area (Å²) in [5.41, 5.74) is 4.45. The molecule has 1 unspecified atom stereocenters. The van der Waals surface area contributed by atoms with Gasteiger partial charge in [-0.05, 0) is 55.9 Å². The SMILES string of the molecule is Cc1cncc(C(=O)OCc2c(COC(=O)C(C)c3ccc(CC(C)C)cc3)cnc(C)c2O)c1. The van der Waals surface area contributed by atoms with E-state index in [1.165, 1.54) is 18.0 Å². The first kappa shape index (κ1) is 25.9. The minimum absolute atomic E-state index is 0.0949. The van der Waals surface area contributed by atoms with Crippen molar-refractivity contribution in [2.75, 3.05) is 0 Å². The van der Waals surface area contributed by atoms with Gasteiger partial charge >= 0.3 is 11.9 Å². The highest BCUT2D eigenvalue weighted by molar-refractivity contribution is 5.89. The van der Waals surface area contributed by atoms with Crippen LogP contribution in [0.4, 0.5) is 0 Å². The van der Waals surface area contributed by atoms with Crippen LogP contribution in [0.25, 0.3) is 0 Å². The highest BCUT2D eigenvalue weighted by atomic mass is 16.5. The smallest absolute Gasteiger partial charge is 0.340 e. The van der Waals surface area contributed by atoms with Crippen LogP contribution < -0.4 is 0 Å². The van der Waals surface area contributed by atoms with E-state index in [-0.39, 0.29) is 19.0 Å². The molecule has 7 nitrogen and oxygen atoms in total. The number of aromatic nitrogens is 2. The molecule has 0 fully saturated rings. The highest BCUT2D eigenvalue weighted by Gasteiger charge is 2.20. The van der Waals surface area contributed by atoms with Crippen molar-refractivity contribution < 1.29 is 24.2 Å². The Balaban J connectivity index is 1.67. The average Bonchev–Trinajstić information content (AvgIpc) is 2.83. The van der Waals surface area contributed by atoms with Gasteiger partial charge in [-0.3, -0.25) is 14.8 Å². The van der Waals surface area contributed by atoms with Crippen LogP contribution in [0.2, 0.25) is 0 Å². The Bertz CT molecular complexity index is 1190. The van der Waals surface area contributed by atoms with Crippen molar-refractivity contribution in [3.8, 4) is 5.75 Å². The molecule has 0 aliphatic carbocycles. The Hall–Kier alpha value is -3.74. The summed E-state index contributed by atoms with van der Waals surface area (Å²) in [4.78, 5) is 33.3. The number of hydrogen-bond acceptors (Lipinski definition) is 7. The van der Waals surface area contributed by atoms with E-state index in [4.69, 9.17) is 9.47 Å². The molecule has 0 aliphatic rings. The summed E-state index contributed by atoms with van der Waals surface area (Å²) in [6, 6.07) is 9.66. The van der Waals surface area contributed by atoms with Crippen molar-refractivity contribution in [1.82, 2.24) is 9.97 Å². The Labute approximate surface area is 206 Å². The quantitative estimate of drug-likeness (QED) is 0.424. The largest absolute Gasteiger partial charge is 0.506 e. The Morgan fingerprint density at radius 1 is 0.971 bits per heavy atom. The van der Waals surface area contributed by atoms with Gasteiger partial charge in [0.15, 0.2) is 0 Å². The molecule has 3 rings (SSSR count). The normalized spacial score (nSPS) is 11.8. The molecule has 1 atom stereocenters. The lowest BCUT2D eigenvalue weighted by Crippen LogP contribution is -2.15. The Kier molecular flexibility index (Phi) is 8.58. The van der Waals surface area contributed by atoms with Gasteiger partial charge in [-0.1, -0.05) is 38.1 Å². The molecule has 2 aromatic heterocycles. The molecule has 0 aliphatic heterocycles. The summed E-state index contributed by atoms with van der Waals surface area (Å²) in [6.07, 6.45) is 5.57. The molecule has 3 aromatic rings. The van der Waals surface area contributed by atoms with Gasteiger partial charge in [-0.2, -0.15) is 0 Å². The maximum absolute atomic E-state index is 12.7. The summed E-state index contributed by atoms with van der Waals surface area (Å²) in [5, 5.41) is 10.5. The summed E-state index contributed by atoms with van der Waals surface area (Å²) < 4.78 is 10.9. The zero-order chi connectivity index (χ0) is 25.5. The van der Waals surface area contributed by atoms with Crippen LogP contribution in [-0.4, -0.2) is 27.0 Å². The van der Waals surface area contributed by atoms with Crippen LogP contribution >= 0.6 is 0 Å². The molecule has 0 saturated heterocycles. The van der Waals surface area contributed by atoms with Gasteiger partial charge < -0.3 is 14.6 Å². The molecule has 0 radical (unpaired) electrons. The van der Waals surface area contributed by atoms with Crippen LogP contribution in [0.3, 0.4) is 0 Å². The molecular weight excluding hydrogens is 444 g/mol. The van der Waals surface area contributed by atoms with Gasteiger partial charge in [0.2, 0.25) is 0 Å². The standard InChI is InChI=1S/C28H32N2O5/c1-17(2)10-21-6-8-22(9-7-21)19(4)27(32)34-15-24-14-30-20(5)26(31)25(24)16-35-28(33)23-11-18(3)12-29-13-23/h6-9,11-14,17,19,31H,10,15-16H2,1-5H3. The molecule has 0 amide bonds. The molecule has 7 heteroatoms. The summed E-state index contributed by atoms with van der Waals surface area (Å²) >= 11 is 0. The fourth-order valence-electron chi connectivity index (χ4n) is 3.68. The van der Waals surface area contributed by atoms with Crippen molar-refractivity contribution in [2.45, 2.75) is 60.2 Å². The molecule has 1 aromatic carbocycles. The number of hydrogen-bond donors (Lipinski definition) is 1. The second-order valence-electron chi connectivity index (χ2n) is 9.19. The van der Waals surface area contributed by atoms with Crippen molar-refractivity contribution in [3.05, 3.63) is 88.0 Å². The first-order valence-corrected chi connectivity index (χ1v) is 11.7.